The van der Waals surface area contributed by atoms with Crippen LogP contribution in [0.1, 0.15) is 27.9 Å². The second-order valence-electron chi connectivity index (χ2n) is 4.21. The van der Waals surface area contributed by atoms with E-state index in [1.54, 1.807) is 12.1 Å². The quantitative estimate of drug-likeness (QED) is 0.891. The molecule has 0 radical (unpaired) electrons. The third-order valence-corrected chi connectivity index (χ3v) is 4.06. The normalized spacial score (nSPS) is 12.4. The second-order valence-corrected chi connectivity index (χ2v) is 5.92. The Hall–Kier alpha value is -1.30. The second kappa shape index (κ2) is 6.23. The van der Waals surface area contributed by atoms with Gasteiger partial charge in [0.05, 0.1) is 15.3 Å². The number of nitrogens with zero attached hydrogens (tertiary/aromatic N) is 1. The summed E-state index contributed by atoms with van der Waals surface area (Å²) in [4.78, 5) is 12.3. The molecule has 2 aromatic heterocycles. The number of nitrogens with one attached hydrogen (secondary N) is 1. The molecule has 19 heavy (non-hydrogen) atoms. The molecule has 102 valence electrons. The fourth-order valence-corrected chi connectivity index (χ4v) is 2.77. The molecule has 6 heteroatoms. The number of aryl methyl sites for hydroxylation is 1. The number of aliphatic hydroxyl groups is 1. The number of hydrogen-bond acceptors (Lipinski definition) is 3. The van der Waals surface area contributed by atoms with Crippen LogP contribution in [0.15, 0.2) is 30.5 Å². The Morgan fingerprint density at radius 2 is 2.32 bits per heavy atom. The van der Waals surface area contributed by atoms with Crippen LogP contribution in [0.2, 0.25) is 4.34 Å². The third kappa shape index (κ3) is 3.59. The fraction of sp³-hybridized carbons (Fsp3) is 0.308. The predicted molar refractivity (Wildman–Crippen MR) is 76.7 cm³/mol. The molecule has 1 amide bonds. The van der Waals surface area contributed by atoms with Crippen molar-refractivity contribution in [2.75, 3.05) is 6.54 Å². The van der Waals surface area contributed by atoms with Crippen LogP contribution >= 0.6 is 22.9 Å². The van der Waals surface area contributed by atoms with E-state index in [4.69, 9.17) is 11.6 Å². The summed E-state index contributed by atoms with van der Waals surface area (Å²) in [6, 6.07) is 7.13. The van der Waals surface area contributed by atoms with E-state index in [9.17, 15) is 9.90 Å². The maximum atomic E-state index is 11.7. The molecule has 0 aliphatic heterocycles. The van der Waals surface area contributed by atoms with Gasteiger partial charge in [0.25, 0.3) is 5.91 Å². The Balaban J connectivity index is 1.81. The van der Waals surface area contributed by atoms with Gasteiger partial charge < -0.3 is 15.0 Å². The SMILES string of the molecule is Cn1cccc1C(O)CCNC(=O)c1ccc(Cl)s1. The number of hydrogen-bond donors (Lipinski definition) is 2. The van der Waals surface area contributed by atoms with Crippen molar-refractivity contribution in [2.45, 2.75) is 12.5 Å². The average molecular weight is 299 g/mol. The van der Waals surface area contributed by atoms with Gasteiger partial charge in [-0.25, -0.2) is 0 Å². The minimum absolute atomic E-state index is 0.156. The van der Waals surface area contributed by atoms with Crippen LogP contribution in [0, 0.1) is 0 Å². The standard InChI is InChI=1S/C13H15ClN2O2S/c1-16-8-2-3-9(16)10(17)6-7-15-13(18)11-4-5-12(14)19-11/h2-5,8,10,17H,6-7H2,1H3,(H,15,18). The van der Waals surface area contributed by atoms with Crippen LogP contribution in [0.3, 0.4) is 0 Å². The lowest BCUT2D eigenvalue weighted by Crippen LogP contribution is -2.25. The van der Waals surface area contributed by atoms with Crippen LogP contribution in [0.5, 0.6) is 0 Å². The van der Waals surface area contributed by atoms with Crippen molar-refractivity contribution in [3.05, 3.63) is 45.4 Å². The maximum Gasteiger partial charge on any atom is 0.261 e. The Morgan fingerprint density at radius 3 is 2.89 bits per heavy atom. The number of carbonyl (C=O) groups is 1. The minimum atomic E-state index is -0.577. The molecule has 1 unspecified atom stereocenters. The van der Waals surface area contributed by atoms with Crippen molar-refractivity contribution in [2.24, 2.45) is 7.05 Å². The molecule has 2 aromatic rings. The lowest BCUT2D eigenvalue weighted by molar-refractivity contribution is 0.0945. The summed E-state index contributed by atoms with van der Waals surface area (Å²) in [5.74, 6) is -0.156. The lowest BCUT2D eigenvalue weighted by atomic mass is 10.2. The smallest absolute Gasteiger partial charge is 0.261 e. The van der Waals surface area contributed by atoms with Crippen molar-refractivity contribution in [3.63, 3.8) is 0 Å². The molecule has 0 aliphatic carbocycles. The number of thiophene rings is 1. The van der Waals surface area contributed by atoms with Crippen molar-refractivity contribution >= 4 is 28.8 Å². The molecule has 0 bridgehead atoms. The molecular formula is C13H15ClN2O2S. The topological polar surface area (TPSA) is 54.3 Å². The van der Waals surface area contributed by atoms with Gasteiger partial charge in [-0.2, -0.15) is 0 Å². The molecule has 2 rings (SSSR count). The third-order valence-electron chi connectivity index (χ3n) is 2.83. The van der Waals surface area contributed by atoms with Crippen molar-refractivity contribution in [1.82, 2.24) is 9.88 Å². The fourth-order valence-electron chi connectivity index (χ4n) is 1.81. The molecular weight excluding hydrogens is 284 g/mol. The Bertz CT molecular complexity index is 564. The van der Waals surface area contributed by atoms with Gasteiger partial charge in [-0.15, -0.1) is 11.3 Å². The van der Waals surface area contributed by atoms with E-state index in [0.717, 1.165) is 5.69 Å². The molecule has 2 heterocycles. The van der Waals surface area contributed by atoms with Crippen LogP contribution in [-0.2, 0) is 7.05 Å². The van der Waals surface area contributed by atoms with E-state index in [-0.39, 0.29) is 5.91 Å². The first-order valence-corrected chi connectivity index (χ1v) is 7.10. The van der Waals surface area contributed by atoms with Gasteiger partial charge in [0, 0.05) is 25.5 Å². The lowest BCUT2D eigenvalue weighted by Gasteiger charge is -2.12. The highest BCUT2D eigenvalue weighted by Crippen LogP contribution is 2.21. The van der Waals surface area contributed by atoms with Gasteiger partial charge >= 0.3 is 0 Å². The predicted octanol–water partition coefficient (Wildman–Crippen LogP) is 2.59. The highest BCUT2D eigenvalue weighted by molar-refractivity contribution is 7.17. The zero-order valence-electron chi connectivity index (χ0n) is 10.5. The largest absolute Gasteiger partial charge is 0.387 e. The minimum Gasteiger partial charge on any atom is -0.387 e. The molecule has 0 aliphatic rings. The molecule has 0 fully saturated rings. The van der Waals surface area contributed by atoms with Gasteiger partial charge in [0.2, 0.25) is 0 Å². The van der Waals surface area contributed by atoms with Gasteiger partial charge in [0.1, 0.15) is 0 Å². The molecule has 0 saturated heterocycles. The molecule has 2 N–H and O–H groups in total. The number of rotatable bonds is 5. The Kier molecular flexibility index (Phi) is 4.63. The number of aliphatic hydroxyl groups excluding tert-OH is 1. The summed E-state index contributed by atoms with van der Waals surface area (Å²) < 4.78 is 2.46. The van der Waals surface area contributed by atoms with Crippen LogP contribution in [0.25, 0.3) is 0 Å². The Labute approximate surface area is 120 Å². The summed E-state index contributed by atoms with van der Waals surface area (Å²) in [6.45, 7) is 0.417. The van der Waals surface area contributed by atoms with Crippen molar-refractivity contribution < 1.29 is 9.90 Å². The number of carbonyl (C=O) groups excluding carboxylic acids is 1. The van der Waals surface area contributed by atoms with E-state index in [2.05, 4.69) is 5.32 Å². The molecule has 0 aromatic carbocycles. The summed E-state index contributed by atoms with van der Waals surface area (Å²) in [7, 11) is 1.88. The number of aromatic nitrogens is 1. The maximum absolute atomic E-state index is 11.7. The summed E-state index contributed by atoms with van der Waals surface area (Å²) in [5, 5.41) is 12.8. The van der Waals surface area contributed by atoms with Gasteiger partial charge in [-0.3, -0.25) is 4.79 Å². The number of halogens is 1. The molecule has 0 spiro atoms. The highest BCUT2D eigenvalue weighted by Gasteiger charge is 2.12. The van der Waals surface area contributed by atoms with Crippen molar-refractivity contribution in [1.29, 1.82) is 0 Å². The van der Waals surface area contributed by atoms with Gasteiger partial charge in [-0.1, -0.05) is 11.6 Å². The van der Waals surface area contributed by atoms with E-state index >= 15 is 0 Å². The summed E-state index contributed by atoms with van der Waals surface area (Å²) in [5.41, 5.74) is 0.841. The zero-order chi connectivity index (χ0) is 13.8. The zero-order valence-corrected chi connectivity index (χ0v) is 12.0. The van der Waals surface area contributed by atoms with E-state index in [0.29, 0.717) is 22.2 Å². The first-order chi connectivity index (χ1) is 9.08. The van der Waals surface area contributed by atoms with E-state index in [1.165, 1.54) is 11.3 Å². The van der Waals surface area contributed by atoms with Gasteiger partial charge in [-0.05, 0) is 30.7 Å². The summed E-state index contributed by atoms with van der Waals surface area (Å²) >= 11 is 7.01. The van der Waals surface area contributed by atoms with E-state index < -0.39 is 6.10 Å². The first-order valence-electron chi connectivity index (χ1n) is 5.91. The van der Waals surface area contributed by atoms with E-state index in [1.807, 2.05) is 29.9 Å². The van der Waals surface area contributed by atoms with Crippen molar-refractivity contribution in [3.8, 4) is 0 Å². The monoisotopic (exact) mass is 298 g/mol. The molecule has 0 saturated carbocycles. The van der Waals surface area contributed by atoms with Crippen LogP contribution < -0.4 is 5.32 Å². The number of amides is 1. The highest BCUT2D eigenvalue weighted by atomic mass is 35.5. The molecule has 4 nitrogen and oxygen atoms in total. The van der Waals surface area contributed by atoms with Gasteiger partial charge in [0.15, 0.2) is 0 Å². The van der Waals surface area contributed by atoms with Crippen LogP contribution in [0.4, 0.5) is 0 Å². The van der Waals surface area contributed by atoms with Crippen LogP contribution in [-0.4, -0.2) is 22.1 Å². The summed E-state index contributed by atoms with van der Waals surface area (Å²) in [6.07, 6.45) is 1.78. The average Bonchev–Trinajstić information content (AvgIpc) is 2.97. The Morgan fingerprint density at radius 1 is 1.53 bits per heavy atom. The first kappa shape index (κ1) is 14.1. The molecule has 1 atom stereocenters.